The van der Waals surface area contributed by atoms with Gasteiger partial charge in [0.2, 0.25) is 5.91 Å². The molecule has 2 heterocycles. The van der Waals surface area contributed by atoms with Crippen LogP contribution in [-0.2, 0) is 11.3 Å². The number of carbonyl (C=O) groups excluding carboxylic acids is 1. The molecule has 1 aromatic heterocycles. The summed E-state index contributed by atoms with van der Waals surface area (Å²) in [5, 5.41) is 9.73. The highest BCUT2D eigenvalue weighted by molar-refractivity contribution is 6.04. The Hall–Kier alpha value is -2.21. The molecular formula is C12H13N5O. The summed E-state index contributed by atoms with van der Waals surface area (Å²) in [4.78, 5) is 17.8. The second kappa shape index (κ2) is 4.23. The number of para-hydroxylation sites is 1. The molecule has 1 atom stereocenters. The van der Waals surface area contributed by atoms with E-state index in [0.717, 1.165) is 17.1 Å². The average molecular weight is 243 g/mol. The van der Waals surface area contributed by atoms with E-state index in [4.69, 9.17) is 0 Å². The Labute approximate surface area is 104 Å². The number of amides is 1. The van der Waals surface area contributed by atoms with Crippen molar-refractivity contribution in [1.82, 2.24) is 20.5 Å². The number of anilines is 1. The molecule has 1 unspecified atom stereocenters. The van der Waals surface area contributed by atoms with E-state index in [1.165, 1.54) is 6.33 Å². The van der Waals surface area contributed by atoms with Gasteiger partial charge in [-0.2, -0.15) is 5.10 Å². The zero-order chi connectivity index (χ0) is 12.5. The van der Waals surface area contributed by atoms with Crippen molar-refractivity contribution in [1.29, 1.82) is 0 Å². The van der Waals surface area contributed by atoms with Crippen LogP contribution in [0, 0.1) is 0 Å². The van der Waals surface area contributed by atoms with Gasteiger partial charge in [-0.05, 0) is 6.07 Å². The van der Waals surface area contributed by atoms with E-state index < -0.39 is 0 Å². The van der Waals surface area contributed by atoms with Crippen LogP contribution in [0.4, 0.5) is 5.69 Å². The Morgan fingerprint density at radius 2 is 2.28 bits per heavy atom. The molecular weight excluding hydrogens is 230 g/mol. The van der Waals surface area contributed by atoms with Crippen LogP contribution in [0.15, 0.2) is 30.6 Å². The number of nitrogens with zero attached hydrogens (tertiary/aromatic N) is 3. The first-order chi connectivity index (χ1) is 8.77. The van der Waals surface area contributed by atoms with Gasteiger partial charge >= 0.3 is 0 Å². The molecule has 0 spiro atoms. The van der Waals surface area contributed by atoms with Crippen molar-refractivity contribution >= 4 is 11.6 Å². The minimum atomic E-state index is -0.309. The summed E-state index contributed by atoms with van der Waals surface area (Å²) >= 11 is 0. The standard InChI is InChI=1S/C12H13N5O/c1-17-9-5-3-2-4-8(9)11(12(17)18)13-6-10-14-7-15-16-10/h2-5,7,11,13H,6H2,1H3,(H,14,15,16). The molecule has 6 nitrogen and oxygen atoms in total. The number of hydrogen-bond acceptors (Lipinski definition) is 4. The topological polar surface area (TPSA) is 73.9 Å². The Kier molecular flexibility index (Phi) is 2.56. The Balaban J connectivity index is 1.82. The second-order valence-electron chi connectivity index (χ2n) is 4.20. The third-order valence-electron chi connectivity index (χ3n) is 3.13. The van der Waals surface area contributed by atoms with Crippen molar-refractivity contribution in [3.63, 3.8) is 0 Å². The summed E-state index contributed by atoms with van der Waals surface area (Å²) in [5.41, 5.74) is 1.96. The molecule has 0 fully saturated rings. The number of fused-ring (bicyclic) bond motifs is 1. The zero-order valence-electron chi connectivity index (χ0n) is 9.92. The maximum Gasteiger partial charge on any atom is 0.248 e. The molecule has 1 aliphatic heterocycles. The van der Waals surface area contributed by atoms with E-state index in [1.54, 1.807) is 11.9 Å². The van der Waals surface area contributed by atoms with Crippen molar-refractivity contribution in [3.8, 4) is 0 Å². The largest absolute Gasteiger partial charge is 0.313 e. The van der Waals surface area contributed by atoms with Gasteiger partial charge in [0.15, 0.2) is 0 Å². The molecule has 92 valence electrons. The minimum absolute atomic E-state index is 0.0516. The van der Waals surface area contributed by atoms with Crippen molar-refractivity contribution in [2.45, 2.75) is 12.6 Å². The van der Waals surface area contributed by atoms with E-state index in [9.17, 15) is 4.79 Å². The van der Waals surface area contributed by atoms with Gasteiger partial charge in [-0.15, -0.1) is 0 Å². The molecule has 0 saturated heterocycles. The van der Waals surface area contributed by atoms with Gasteiger partial charge in [-0.25, -0.2) is 4.98 Å². The van der Waals surface area contributed by atoms with Crippen LogP contribution in [0.3, 0.4) is 0 Å². The lowest BCUT2D eigenvalue weighted by Crippen LogP contribution is -2.32. The van der Waals surface area contributed by atoms with Crippen molar-refractivity contribution in [2.75, 3.05) is 11.9 Å². The number of hydrogen-bond donors (Lipinski definition) is 2. The molecule has 18 heavy (non-hydrogen) atoms. The molecule has 0 bridgehead atoms. The van der Waals surface area contributed by atoms with Gasteiger partial charge in [0.1, 0.15) is 18.2 Å². The fraction of sp³-hybridized carbons (Fsp3) is 0.250. The maximum atomic E-state index is 12.1. The van der Waals surface area contributed by atoms with Gasteiger partial charge in [-0.1, -0.05) is 18.2 Å². The normalized spacial score (nSPS) is 18.2. The van der Waals surface area contributed by atoms with Crippen molar-refractivity contribution in [2.24, 2.45) is 0 Å². The highest BCUT2D eigenvalue weighted by Crippen LogP contribution is 2.34. The number of aromatic amines is 1. The first-order valence-electron chi connectivity index (χ1n) is 5.71. The van der Waals surface area contributed by atoms with Crippen LogP contribution in [-0.4, -0.2) is 28.1 Å². The number of carbonyl (C=O) groups is 1. The SMILES string of the molecule is CN1C(=O)C(NCc2ncn[nH]2)c2ccccc21. The summed E-state index contributed by atoms with van der Waals surface area (Å²) in [6, 6.07) is 7.48. The molecule has 2 aromatic rings. The smallest absolute Gasteiger partial charge is 0.248 e. The number of nitrogens with one attached hydrogen (secondary N) is 2. The van der Waals surface area contributed by atoms with E-state index >= 15 is 0 Å². The Morgan fingerprint density at radius 3 is 3.06 bits per heavy atom. The lowest BCUT2D eigenvalue weighted by atomic mass is 10.1. The first kappa shape index (κ1) is 10.9. The maximum absolute atomic E-state index is 12.1. The van der Waals surface area contributed by atoms with Gasteiger partial charge in [0.25, 0.3) is 0 Å². The molecule has 0 radical (unpaired) electrons. The highest BCUT2D eigenvalue weighted by Gasteiger charge is 2.34. The molecule has 1 aliphatic rings. The van der Waals surface area contributed by atoms with Crippen LogP contribution < -0.4 is 10.2 Å². The minimum Gasteiger partial charge on any atom is -0.313 e. The Morgan fingerprint density at radius 1 is 1.44 bits per heavy atom. The molecule has 0 aliphatic carbocycles. The lowest BCUT2D eigenvalue weighted by molar-refractivity contribution is -0.119. The summed E-state index contributed by atoms with van der Waals surface area (Å²) in [6.07, 6.45) is 1.45. The zero-order valence-corrected chi connectivity index (χ0v) is 9.92. The molecule has 6 heteroatoms. The number of rotatable bonds is 3. The van der Waals surface area contributed by atoms with Crippen LogP contribution in [0.5, 0.6) is 0 Å². The number of benzene rings is 1. The van der Waals surface area contributed by atoms with Crippen LogP contribution in [0.25, 0.3) is 0 Å². The first-order valence-corrected chi connectivity index (χ1v) is 5.71. The third-order valence-corrected chi connectivity index (χ3v) is 3.13. The summed E-state index contributed by atoms with van der Waals surface area (Å²) in [7, 11) is 1.79. The molecule has 3 rings (SSSR count). The predicted octanol–water partition coefficient (Wildman–Crippen LogP) is 0.612. The second-order valence-corrected chi connectivity index (χ2v) is 4.20. The van der Waals surface area contributed by atoms with E-state index in [-0.39, 0.29) is 11.9 Å². The van der Waals surface area contributed by atoms with Gasteiger partial charge in [-0.3, -0.25) is 15.2 Å². The fourth-order valence-corrected chi connectivity index (χ4v) is 2.19. The highest BCUT2D eigenvalue weighted by atomic mass is 16.2. The summed E-state index contributed by atoms with van der Waals surface area (Å²) < 4.78 is 0. The number of H-pyrrole nitrogens is 1. The number of likely N-dealkylation sites (N-methyl/N-ethyl adjacent to an activating group) is 1. The van der Waals surface area contributed by atoms with Gasteiger partial charge in [0.05, 0.1) is 6.54 Å². The van der Waals surface area contributed by atoms with Crippen molar-refractivity contribution < 1.29 is 4.79 Å². The molecule has 2 N–H and O–H groups in total. The van der Waals surface area contributed by atoms with Crippen molar-refractivity contribution in [3.05, 3.63) is 42.0 Å². The molecule has 1 amide bonds. The van der Waals surface area contributed by atoms with E-state index in [0.29, 0.717) is 6.54 Å². The van der Waals surface area contributed by atoms with E-state index in [1.807, 2.05) is 24.3 Å². The van der Waals surface area contributed by atoms with E-state index in [2.05, 4.69) is 20.5 Å². The van der Waals surface area contributed by atoms with Crippen LogP contribution in [0.2, 0.25) is 0 Å². The fourth-order valence-electron chi connectivity index (χ4n) is 2.19. The quantitative estimate of drug-likeness (QED) is 0.828. The number of aromatic nitrogens is 3. The molecule has 1 aromatic carbocycles. The van der Waals surface area contributed by atoms with Crippen LogP contribution in [0.1, 0.15) is 17.4 Å². The van der Waals surface area contributed by atoms with Gasteiger partial charge in [0, 0.05) is 18.3 Å². The lowest BCUT2D eigenvalue weighted by Gasteiger charge is -2.11. The predicted molar refractivity (Wildman–Crippen MR) is 65.8 cm³/mol. The summed E-state index contributed by atoms with van der Waals surface area (Å²) in [6.45, 7) is 0.485. The Bertz CT molecular complexity index is 566. The molecule has 0 saturated carbocycles. The average Bonchev–Trinajstić information content (AvgIpc) is 2.98. The van der Waals surface area contributed by atoms with Crippen LogP contribution >= 0.6 is 0 Å². The third kappa shape index (κ3) is 1.67. The summed E-state index contributed by atoms with van der Waals surface area (Å²) in [5.74, 6) is 0.769. The van der Waals surface area contributed by atoms with Gasteiger partial charge < -0.3 is 4.90 Å². The monoisotopic (exact) mass is 243 g/mol.